The maximum absolute atomic E-state index is 13.9. The maximum Gasteiger partial charge on any atom is 0.256 e. The third-order valence-electron chi connectivity index (χ3n) is 7.33. The average Bonchev–Trinajstić information content (AvgIpc) is 3.11. The first-order valence-electron chi connectivity index (χ1n) is 14.6. The Balaban J connectivity index is 1.42. The van der Waals surface area contributed by atoms with Gasteiger partial charge >= 0.3 is 0 Å². The smallest absolute Gasteiger partial charge is 0.256 e. The highest BCUT2D eigenvalue weighted by molar-refractivity contribution is 6.07. The summed E-state index contributed by atoms with van der Waals surface area (Å²) in [5.74, 6) is 1.46. The molecule has 0 atom stereocenters. The minimum atomic E-state index is -0.538. The van der Waals surface area contributed by atoms with Crippen LogP contribution in [0.2, 0.25) is 0 Å². The molecule has 230 valence electrons. The van der Waals surface area contributed by atoms with Crippen molar-refractivity contribution < 1.29 is 28.2 Å². The van der Waals surface area contributed by atoms with Crippen LogP contribution in [0.4, 0.5) is 5.69 Å². The molecule has 46 heavy (non-hydrogen) atoms. The van der Waals surface area contributed by atoms with E-state index in [2.05, 4.69) is 5.32 Å². The number of carbonyl (C=O) groups is 1. The molecule has 0 aliphatic heterocycles. The van der Waals surface area contributed by atoms with Gasteiger partial charge in [-0.1, -0.05) is 72.8 Å². The monoisotopic (exact) mass is 613 g/mol. The van der Waals surface area contributed by atoms with Crippen LogP contribution in [-0.2, 0) is 13.2 Å². The number of rotatable bonds is 11. The van der Waals surface area contributed by atoms with Gasteiger partial charge in [0.05, 0.1) is 19.6 Å². The molecule has 0 spiro atoms. The van der Waals surface area contributed by atoms with Crippen molar-refractivity contribution in [3.8, 4) is 34.3 Å². The van der Waals surface area contributed by atoms with Gasteiger partial charge in [0, 0.05) is 17.2 Å². The molecular weight excluding hydrogens is 582 g/mol. The predicted molar refractivity (Wildman–Crippen MR) is 177 cm³/mol. The number of para-hydroxylation sites is 1. The normalized spacial score (nSPS) is 10.7. The van der Waals surface area contributed by atoms with Gasteiger partial charge in [-0.2, -0.15) is 0 Å². The number of carbonyl (C=O) groups excluding carboxylic acids is 1. The van der Waals surface area contributed by atoms with E-state index in [1.807, 2.05) is 60.7 Å². The van der Waals surface area contributed by atoms with Gasteiger partial charge in [-0.15, -0.1) is 0 Å². The van der Waals surface area contributed by atoms with Crippen LogP contribution in [0.15, 0.2) is 131 Å². The molecule has 0 radical (unpaired) electrons. The van der Waals surface area contributed by atoms with Crippen molar-refractivity contribution in [1.82, 2.24) is 0 Å². The van der Waals surface area contributed by atoms with Crippen molar-refractivity contribution >= 4 is 22.6 Å². The number of hydrogen-bond acceptors (Lipinski definition) is 7. The Hall–Kier alpha value is -6.02. The number of benzene rings is 5. The van der Waals surface area contributed by atoms with E-state index in [0.717, 1.165) is 11.1 Å². The highest BCUT2D eigenvalue weighted by Gasteiger charge is 2.21. The molecule has 0 saturated carbocycles. The quantitative estimate of drug-likeness (QED) is 0.159. The van der Waals surface area contributed by atoms with Crippen molar-refractivity contribution in [2.75, 3.05) is 19.5 Å². The Morgan fingerprint density at radius 3 is 1.89 bits per heavy atom. The van der Waals surface area contributed by atoms with E-state index in [-0.39, 0.29) is 23.6 Å². The Morgan fingerprint density at radius 2 is 1.26 bits per heavy atom. The summed E-state index contributed by atoms with van der Waals surface area (Å²) in [5.41, 5.74) is 2.69. The van der Waals surface area contributed by atoms with Crippen LogP contribution in [0.5, 0.6) is 23.0 Å². The number of hydrogen-bond donors (Lipinski definition) is 1. The van der Waals surface area contributed by atoms with Crippen LogP contribution in [0.25, 0.3) is 22.3 Å². The third kappa shape index (κ3) is 6.71. The minimum absolute atomic E-state index is 0.0162. The first kappa shape index (κ1) is 30.0. The Labute approximate surface area is 265 Å². The first-order valence-corrected chi connectivity index (χ1v) is 14.6. The summed E-state index contributed by atoms with van der Waals surface area (Å²) in [4.78, 5) is 27.5. The summed E-state index contributed by atoms with van der Waals surface area (Å²) in [6.07, 6.45) is 0. The van der Waals surface area contributed by atoms with Crippen LogP contribution in [0, 0.1) is 0 Å². The molecule has 0 unspecified atom stereocenters. The largest absolute Gasteiger partial charge is 0.497 e. The first-order chi connectivity index (χ1) is 22.5. The minimum Gasteiger partial charge on any atom is -0.497 e. The van der Waals surface area contributed by atoms with E-state index in [9.17, 15) is 9.59 Å². The van der Waals surface area contributed by atoms with E-state index >= 15 is 0 Å². The molecule has 6 rings (SSSR count). The van der Waals surface area contributed by atoms with Crippen molar-refractivity contribution in [2.24, 2.45) is 0 Å². The molecule has 8 nitrogen and oxygen atoms in total. The third-order valence-corrected chi connectivity index (χ3v) is 7.33. The molecule has 1 amide bonds. The number of anilines is 1. The molecule has 1 heterocycles. The fourth-order valence-corrected chi connectivity index (χ4v) is 4.94. The Kier molecular flexibility index (Phi) is 8.97. The zero-order valence-corrected chi connectivity index (χ0v) is 25.3. The molecule has 0 aliphatic rings. The fraction of sp³-hybridized carbons (Fsp3) is 0.105. The van der Waals surface area contributed by atoms with E-state index in [0.29, 0.717) is 46.1 Å². The highest BCUT2D eigenvalue weighted by atomic mass is 16.5. The molecule has 1 N–H and O–H groups in total. The zero-order valence-electron chi connectivity index (χ0n) is 25.3. The molecule has 1 aromatic heterocycles. The van der Waals surface area contributed by atoms with Gasteiger partial charge in [-0.3, -0.25) is 9.59 Å². The lowest BCUT2D eigenvalue weighted by molar-refractivity contribution is 0.102. The summed E-state index contributed by atoms with van der Waals surface area (Å²) < 4.78 is 29.4. The Morgan fingerprint density at radius 1 is 0.674 bits per heavy atom. The average molecular weight is 614 g/mol. The summed E-state index contributed by atoms with van der Waals surface area (Å²) in [5, 5.41) is 3.13. The molecule has 6 aromatic rings. The van der Waals surface area contributed by atoms with Crippen LogP contribution in [0.3, 0.4) is 0 Å². The van der Waals surface area contributed by atoms with Gasteiger partial charge in [-0.25, -0.2) is 0 Å². The molecule has 0 bridgehead atoms. The van der Waals surface area contributed by atoms with Crippen LogP contribution < -0.4 is 29.7 Å². The highest BCUT2D eigenvalue weighted by Crippen LogP contribution is 2.37. The second kappa shape index (κ2) is 13.7. The van der Waals surface area contributed by atoms with Gasteiger partial charge in [0.15, 0.2) is 17.3 Å². The summed E-state index contributed by atoms with van der Waals surface area (Å²) in [6, 6.07) is 36.6. The van der Waals surface area contributed by atoms with Crippen LogP contribution >= 0.6 is 0 Å². The van der Waals surface area contributed by atoms with Gasteiger partial charge < -0.3 is 28.7 Å². The van der Waals surface area contributed by atoms with E-state index in [4.69, 9.17) is 23.4 Å². The van der Waals surface area contributed by atoms with E-state index < -0.39 is 11.3 Å². The number of methoxy groups -OCH3 is 2. The molecule has 0 fully saturated rings. The van der Waals surface area contributed by atoms with Gasteiger partial charge in [-0.05, 0) is 53.6 Å². The number of amides is 1. The number of nitrogens with one attached hydrogen (secondary N) is 1. The predicted octanol–water partition coefficient (Wildman–Crippen LogP) is 7.89. The molecule has 0 saturated heterocycles. The molecule has 8 heteroatoms. The molecular formula is C38H31NO7. The number of ether oxygens (including phenoxy) is 4. The summed E-state index contributed by atoms with van der Waals surface area (Å²) in [7, 11) is 2.99. The van der Waals surface area contributed by atoms with Crippen molar-refractivity contribution in [2.45, 2.75) is 13.2 Å². The van der Waals surface area contributed by atoms with Crippen molar-refractivity contribution in [3.63, 3.8) is 0 Å². The molecule has 0 aliphatic carbocycles. The topological polar surface area (TPSA) is 96.2 Å². The van der Waals surface area contributed by atoms with Gasteiger partial charge in [0.2, 0.25) is 5.43 Å². The maximum atomic E-state index is 13.9. The SMILES string of the molecule is COc1cc(OC)cc(C(=O)Nc2c(-c3ccc(OCc4ccccc4)c(OCc4ccccc4)c3)oc3ccccc3c2=O)c1. The Bertz CT molecular complexity index is 2020. The molecule has 5 aromatic carbocycles. The second-order valence-electron chi connectivity index (χ2n) is 10.4. The lowest BCUT2D eigenvalue weighted by Gasteiger charge is -2.16. The fourth-order valence-electron chi connectivity index (χ4n) is 4.94. The van der Waals surface area contributed by atoms with Gasteiger partial charge in [0.25, 0.3) is 5.91 Å². The van der Waals surface area contributed by atoms with E-state index in [1.165, 1.54) is 14.2 Å². The summed E-state index contributed by atoms with van der Waals surface area (Å²) >= 11 is 0. The number of fused-ring (bicyclic) bond motifs is 1. The lowest BCUT2D eigenvalue weighted by atomic mass is 10.1. The standard InChI is InChI=1S/C38H31NO7/c1-42-29-19-28(20-30(22-29)43-2)38(41)39-35-36(40)31-15-9-10-16-32(31)46-37(35)27-17-18-33(44-23-25-11-5-3-6-12-25)34(21-27)45-24-26-13-7-4-8-14-26/h3-22H,23-24H2,1-2H3,(H,39,41). The van der Waals surface area contributed by atoms with Crippen LogP contribution in [-0.4, -0.2) is 20.1 Å². The zero-order chi connectivity index (χ0) is 31.9. The van der Waals surface area contributed by atoms with Crippen LogP contribution in [0.1, 0.15) is 21.5 Å². The van der Waals surface area contributed by atoms with Crippen molar-refractivity contribution in [1.29, 1.82) is 0 Å². The second-order valence-corrected chi connectivity index (χ2v) is 10.4. The summed E-state index contributed by atoms with van der Waals surface area (Å²) in [6.45, 7) is 0.618. The lowest BCUT2D eigenvalue weighted by Crippen LogP contribution is -2.19. The van der Waals surface area contributed by atoms with Gasteiger partial charge in [0.1, 0.15) is 36.0 Å². The van der Waals surface area contributed by atoms with E-state index in [1.54, 1.807) is 60.7 Å². The van der Waals surface area contributed by atoms with Crippen molar-refractivity contribution in [3.05, 3.63) is 148 Å².